The van der Waals surface area contributed by atoms with E-state index in [4.69, 9.17) is 14.6 Å². The van der Waals surface area contributed by atoms with Gasteiger partial charge in [0.15, 0.2) is 0 Å². The van der Waals surface area contributed by atoms with Crippen molar-refractivity contribution in [3.63, 3.8) is 0 Å². The predicted octanol–water partition coefficient (Wildman–Crippen LogP) is 3.16. The van der Waals surface area contributed by atoms with Gasteiger partial charge in [-0.05, 0) is 51.4 Å². The Morgan fingerprint density at radius 1 is 1.24 bits per heavy atom. The van der Waals surface area contributed by atoms with E-state index in [9.17, 15) is 9.00 Å². The average Bonchev–Trinajstić information content (AvgIpc) is 3.17. The van der Waals surface area contributed by atoms with Crippen molar-refractivity contribution in [3.8, 4) is 0 Å². The molecule has 2 aliphatic heterocycles. The van der Waals surface area contributed by atoms with E-state index in [1.807, 2.05) is 6.92 Å². The third kappa shape index (κ3) is 6.83. The first-order valence-corrected chi connectivity index (χ1v) is 11.1. The normalized spacial score (nSPS) is 29.5. The summed E-state index contributed by atoms with van der Waals surface area (Å²) in [6.07, 6.45) is 10.6. The molecule has 5 nitrogen and oxygen atoms in total. The maximum absolute atomic E-state index is 12.4. The van der Waals surface area contributed by atoms with Crippen molar-refractivity contribution in [1.82, 2.24) is 0 Å². The van der Waals surface area contributed by atoms with Gasteiger partial charge in [-0.3, -0.25) is 9.00 Å². The van der Waals surface area contributed by atoms with E-state index in [0.29, 0.717) is 43.3 Å². The van der Waals surface area contributed by atoms with E-state index >= 15 is 0 Å². The van der Waals surface area contributed by atoms with Gasteiger partial charge in [-0.2, -0.15) is 0 Å². The zero-order chi connectivity index (χ0) is 18.1. The Balaban J connectivity index is 1.73. The van der Waals surface area contributed by atoms with Crippen LogP contribution in [0.2, 0.25) is 0 Å². The summed E-state index contributed by atoms with van der Waals surface area (Å²) >= 11 is 0. The molecule has 2 aliphatic rings. The fraction of sp³-hybridized carbons (Fsp3) is 0.842. The lowest BCUT2D eigenvalue weighted by Gasteiger charge is -2.26. The molecule has 0 aromatic rings. The minimum Gasteiger partial charge on any atom is -0.481 e. The van der Waals surface area contributed by atoms with E-state index < -0.39 is 16.8 Å². The third-order valence-electron chi connectivity index (χ3n) is 5.17. The van der Waals surface area contributed by atoms with Crippen molar-refractivity contribution in [2.24, 2.45) is 11.8 Å². The molecule has 0 amide bonds. The van der Waals surface area contributed by atoms with Crippen molar-refractivity contribution in [1.29, 1.82) is 0 Å². The smallest absolute Gasteiger partial charge is 0.303 e. The van der Waals surface area contributed by atoms with Crippen LogP contribution >= 0.6 is 0 Å². The Morgan fingerprint density at radius 3 is 2.72 bits per heavy atom. The number of hydrogen-bond acceptors (Lipinski definition) is 4. The Kier molecular flexibility index (Phi) is 9.13. The molecule has 0 aromatic heterocycles. The number of allylic oxidation sites excluding steroid dienone is 2. The van der Waals surface area contributed by atoms with Gasteiger partial charge in [0.25, 0.3) is 0 Å². The van der Waals surface area contributed by atoms with Gasteiger partial charge in [-0.25, -0.2) is 0 Å². The Morgan fingerprint density at radius 2 is 2.00 bits per heavy atom. The molecule has 25 heavy (non-hydrogen) atoms. The molecule has 0 spiro atoms. The molecule has 2 fully saturated rings. The van der Waals surface area contributed by atoms with Gasteiger partial charge in [0.2, 0.25) is 0 Å². The number of fused-ring (bicyclic) bond motifs is 2. The number of rotatable bonds is 13. The maximum atomic E-state index is 12.4. The topological polar surface area (TPSA) is 72.8 Å². The second kappa shape index (κ2) is 11.1. The SMILES string of the molecule is CCOCCCS(=O)C[C@H]1[C@H](C/C=C\CCCC(=O)O)[C@@H]2CC[C@@H]1O2. The van der Waals surface area contributed by atoms with E-state index in [2.05, 4.69) is 12.2 Å². The van der Waals surface area contributed by atoms with Crippen LogP contribution in [0.25, 0.3) is 0 Å². The van der Waals surface area contributed by atoms with E-state index in [0.717, 1.165) is 37.9 Å². The Labute approximate surface area is 153 Å². The van der Waals surface area contributed by atoms with Crippen molar-refractivity contribution < 1.29 is 23.6 Å². The molecule has 0 aliphatic carbocycles. The van der Waals surface area contributed by atoms with Crippen LogP contribution in [0, 0.1) is 11.8 Å². The molecule has 2 heterocycles. The summed E-state index contributed by atoms with van der Waals surface area (Å²) in [5.74, 6) is 1.58. The molecule has 0 radical (unpaired) electrons. The summed E-state index contributed by atoms with van der Waals surface area (Å²) in [5, 5.41) is 8.65. The van der Waals surface area contributed by atoms with Crippen molar-refractivity contribution >= 4 is 16.8 Å². The standard InChI is InChI=1S/C19H32O5S/c1-2-23-12-7-13-25(22)14-16-15(17-10-11-18(16)24-17)8-5-3-4-6-9-19(20)21/h3,5,15-18H,2,4,6-14H2,1H3,(H,20,21)/b5-3-/t15-,16-,17-,18-,25?/m0/s1. The number of ether oxygens (including phenoxy) is 2. The van der Waals surface area contributed by atoms with E-state index in [1.54, 1.807) is 0 Å². The van der Waals surface area contributed by atoms with Gasteiger partial charge in [-0.1, -0.05) is 12.2 Å². The highest BCUT2D eigenvalue weighted by Crippen LogP contribution is 2.45. The Hall–Kier alpha value is -0.720. The number of carboxylic acids is 1. The third-order valence-corrected chi connectivity index (χ3v) is 6.67. The highest BCUT2D eigenvalue weighted by Gasteiger charge is 2.48. The van der Waals surface area contributed by atoms with Crippen LogP contribution in [-0.2, 0) is 25.1 Å². The number of hydrogen-bond donors (Lipinski definition) is 1. The average molecular weight is 373 g/mol. The van der Waals surface area contributed by atoms with Gasteiger partial charge in [0, 0.05) is 47.9 Å². The molecule has 5 atom stereocenters. The van der Waals surface area contributed by atoms with Gasteiger partial charge in [-0.15, -0.1) is 0 Å². The van der Waals surface area contributed by atoms with Crippen LogP contribution in [0.15, 0.2) is 12.2 Å². The lowest BCUT2D eigenvalue weighted by atomic mass is 9.78. The molecule has 1 unspecified atom stereocenters. The molecule has 0 saturated carbocycles. The van der Waals surface area contributed by atoms with Gasteiger partial charge in [0.05, 0.1) is 12.2 Å². The van der Waals surface area contributed by atoms with Crippen LogP contribution in [0.3, 0.4) is 0 Å². The fourth-order valence-electron chi connectivity index (χ4n) is 3.93. The zero-order valence-electron chi connectivity index (χ0n) is 15.2. The number of carbonyl (C=O) groups is 1. The second-order valence-corrected chi connectivity index (χ2v) is 8.59. The minimum absolute atomic E-state index is 0.227. The zero-order valence-corrected chi connectivity index (χ0v) is 16.0. The highest BCUT2D eigenvalue weighted by atomic mass is 32.2. The second-order valence-electron chi connectivity index (χ2n) is 6.97. The van der Waals surface area contributed by atoms with Crippen LogP contribution in [0.1, 0.15) is 51.9 Å². The molecule has 2 bridgehead atoms. The number of carboxylic acid groups (broad SMARTS) is 1. The summed E-state index contributed by atoms with van der Waals surface area (Å²) in [6.45, 7) is 3.38. The first kappa shape index (κ1) is 20.6. The molecular formula is C19H32O5S. The van der Waals surface area contributed by atoms with E-state index in [1.165, 1.54) is 0 Å². The van der Waals surface area contributed by atoms with Gasteiger partial charge in [0.1, 0.15) is 0 Å². The number of aliphatic carboxylic acids is 1. The number of unbranched alkanes of at least 4 members (excludes halogenated alkanes) is 1. The summed E-state index contributed by atoms with van der Waals surface area (Å²) < 4.78 is 23.8. The van der Waals surface area contributed by atoms with E-state index in [-0.39, 0.29) is 12.5 Å². The van der Waals surface area contributed by atoms with Gasteiger partial charge >= 0.3 is 5.97 Å². The molecule has 0 aromatic carbocycles. The highest BCUT2D eigenvalue weighted by molar-refractivity contribution is 7.84. The molecule has 2 saturated heterocycles. The van der Waals surface area contributed by atoms with Crippen molar-refractivity contribution in [3.05, 3.63) is 12.2 Å². The summed E-state index contributed by atoms with van der Waals surface area (Å²) in [4.78, 5) is 10.5. The fourth-order valence-corrected chi connectivity index (χ4v) is 5.43. The predicted molar refractivity (Wildman–Crippen MR) is 99.1 cm³/mol. The summed E-state index contributed by atoms with van der Waals surface area (Å²) in [7, 11) is -0.801. The lowest BCUT2D eigenvalue weighted by molar-refractivity contribution is -0.137. The first-order valence-electron chi connectivity index (χ1n) is 9.56. The minimum atomic E-state index is -0.801. The molecule has 144 valence electrons. The van der Waals surface area contributed by atoms with Crippen LogP contribution in [-0.4, -0.2) is 52.2 Å². The van der Waals surface area contributed by atoms with Gasteiger partial charge < -0.3 is 14.6 Å². The molecule has 1 N–H and O–H groups in total. The monoisotopic (exact) mass is 372 g/mol. The largest absolute Gasteiger partial charge is 0.481 e. The summed E-state index contributed by atoms with van der Waals surface area (Å²) in [5.41, 5.74) is 0. The quantitative estimate of drug-likeness (QED) is 0.397. The molecule has 6 heteroatoms. The van der Waals surface area contributed by atoms with Crippen molar-refractivity contribution in [2.75, 3.05) is 24.7 Å². The van der Waals surface area contributed by atoms with Crippen LogP contribution in [0.4, 0.5) is 0 Å². The summed E-state index contributed by atoms with van der Waals surface area (Å²) in [6, 6.07) is 0. The molecule has 2 rings (SSSR count). The van der Waals surface area contributed by atoms with Crippen molar-refractivity contribution in [2.45, 2.75) is 64.1 Å². The maximum Gasteiger partial charge on any atom is 0.303 e. The molecular weight excluding hydrogens is 340 g/mol. The first-order chi connectivity index (χ1) is 12.1. The van der Waals surface area contributed by atoms with Crippen LogP contribution < -0.4 is 0 Å². The lowest BCUT2D eigenvalue weighted by Crippen LogP contribution is -2.31. The Bertz CT molecular complexity index is 465. The van der Waals surface area contributed by atoms with Crippen LogP contribution in [0.5, 0.6) is 0 Å².